The van der Waals surface area contributed by atoms with Gasteiger partial charge >= 0.3 is 0 Å². The highest BCUT2D eigenvalue weighted by atomic mass is 79.9. The molecule has 16 heavy (non-hydrogen) atoms. The first kappa shape index (κ1) is 12.4. The normalized spacial score (nSPS) is 9.25. The van der Waals surface area contributed by atoms with Crippen molar-refractivity contribution < 1.29 is 4.92 Å². The molecule has 0 atom stereocenters. The summed E-state index contributed by atoms with van der Waals surface area (Å²) in [7, 11) is 0. The van der Waals surface area contributed by atoms with Crippen LogP contribution in [0, 0.1) is 21.4 Å². The van der Waals surface area contributed by atoms with Gasteiger partial charge in [-0.15, -0.1) is 0 Å². The second kappa shape index (κ2) is 4.87. The minimum absolute atomic E-state index is 0.0222. The Morgan fingerprint density at radius 3 is 2.75 bits per heavy atom. The third kappa shape index (κ3) is 2.65. The molecule has 0 saturated heterocycles. The maximum atomic E-state index is 10.6. The van der Waals surface area contributed by atoms with E-state index in [1.54, 1.807) is 0 Å². The number of nitro benzene ring substituents is 1. The number of anilines is 1. The number of nitrogens with zero attached hydrogens (tertiary/aromatic N) is 2. The summed E-state index contributed by atoms with van der Waals surface area (Å²) >= 11 is 7.73. The van der Waals surface area contributed by atoms with Crippen molar-refractivity contribution in [2.45, 2.75) is 0 Å². The van der Waals surface area contributed by atoms with E-state index in [2.05, 4.69) is 33.5 Å². The molecule has 0 bridgehead atoms. The van der Waals surface area contributed by atoms with Gasteiger partial charge in [0.1, 0.15) is 6.07 Å². The zero-order valence-corrected chi connectivity index (χ0v) is 10.1. The van der Waals surface area contributed by atoms with Crippen LogP contribution in [0.1, 0.15) is 5.56 Å². The van der Waals surface area contributed by atoms with Gasteiger partial charge in [0.2, 0.25) is 0 Å². The fourth-order valence-corrected chi connectivity index (χ4v) is 1.69. The molecule has 3 N–H and O–H groups in total. The summed E-state index contributed by atoms with van der Waals surface area (Å²) in [5.74, 6) is 0. The van der Waals surface area contributed by atoms with E-state index in [4.69, 9.17) is 11.0 Å². The van der Waals surface area contributed by atoms with E-state index in [0.717, 1.165) is 6.07 Å². The van der Waals surface area contributed by atoms with Crippen molar-refractivity contribution in [2.24, 2.45) is 5.73 Å². The highest BCUT2D eigenvalue weighted by Gasteiger charge is 2.15. The van der Waals surface area contributed by atoms with Gasteiger partial charge in [-0.2, -0.15) is 5.26 Å². The minimum Gasteiger partial charge on any atom is -0.376 e. The molecule has 1 aromatic rings. The number of rotatable bonds is 2. The predicted octanol–water partition coefficient (Wildman–Crippen LogP) is 1.88. The molecule has 0 aliphatic rings. The van der Waals surface area contributed by atoms with Gasteiger partial charge in [-0.1, -0.05) is 0 Å². The monoisotopic (exact) mass is 300 g/mol. The first-order valence-electron chi connectivity index (χ1n) is 3.90. The van der Waals surface area contributed by atoms with Crippen molar-refractivity contribution in [1.29, 1.82) is 5.26 Å². The Labute approximate surface area is 104 Å². The van der Waals surface area contributed by atoms with E-state index in [9.17, 15) is 10.1 Å². The van der Waals surface area contributed by atoms with E-state index in [-0.39, 0.29) is 16.4 Å². The Balaban J connectivity index is 3.35. The Morgan fingerprint density at radius 2 is 2.31 bits per heavy atom. The van der Waals surface area contributed by atoms with Crippen LogP contribution < -0.4 is 11.1 Å². The molecular weight excluding hydrogens is 296 g/mol. The average molecular weight is 301 g/mol. The summed E-state index contributed by atoms with van der Waals surface area (Å²) in [5.41, 5.74) is 5.50. The number of hydrogen-bond donors (Lipinski definition) is 2. The standard InChI is InChI=1S/C8H5BrN4O2S/c9-6-2-5(13(14)15)1-4(3-10)7(6)12-8(11)16/h1-2H,(H3,11,12,16). The lowest BCUT2D eigenvalue weighted by atomic mass is 10.1. The number of nitrogens with one attached hydrogen (secondary N) is 1. The average Bonchev–Trinajstić information content (AvgIpc) is 2.19. The molecule has 0 aliphatic carbocycles. The van der Waals surface area contributed by atoms with Crippen LogP contribution in [0.3, 0.4) is 0 Å². The predicted molar refractivity (Wildman–Crippen MR) is 65.9 cm³/mol. The summed E-state index contributed by atoms with van der Waals surface area (Å²) in [6, 6.07) is 4.23. The van der Waals surface area contributed by atoms with Crippen molar-refractivity contribution in [3.8, 4) is 6.07 Å². The van der Waals surface area contributed by atoms with Crippen molar-refractivity contribution in [3.63, 3.8) is 0 Å². The van der Waals surface area contributed by atoms with Crippen LogP contribution >= 0.6 is 28.1 Å². The highest BCUT2D eigenvalue weighted by molar-refractivity contribution is 9.10. The number of non-ortho nitro benzene ring substituents is 1. The molecule has 0 amide bonds. The Bertz CT molecular complexity index is 511. The molecule has 1 aromatic carbocycles. The van der Waals surface area contributed by atoms with E-state index in [1.807, 2.05) is 6.07 Å². The molecule has 0 saturated carbocycles. The highest BCUT2D eigenvalue weighted by Crippen LogP contribution is 2.31. The van der Waals surface area contributed by atoms with Crippen molar-refractivity contribution >= 4 is 44.6 Å². The molecule has 82 valence electrons. The zero-order valence-electron chi connectivity index (χ0n) is 7.73. The molecule has 8 heteroatoms. The molecule has 0 spiro atoms. The molecule has 0 fully saturated rings. The molecule has 0 unspecified atom stereocenters. The lowest BCUT2D eigenvalue weighted by Crippen LogP contribution is -2.20. The second-order valence-corrected chi connectivity index (χ2v) is 4.00. The lowest BCUT2D eigenvalue weighted by molar-refractivity contribution is -0.384. The van der Waals surface area contributed by atoms with Gasteiger partial charge in [-0.3, -0.25) is 10.1 Å². The molecule has 1 rings (SSSR count). The van der Waals surface area contributed by atoms with Crippen LogP contribution in [0.4, 0.5) is 11.4 Å². The molecular formula is C8H5BrN4O2S. The van der Waals surface area contributed by atoms with E-state index < -0.39 is 4.92 Å². The first-order chi connectivity index (χ1) is 7.45. The number of nitro groups is 1. The molecule has 0 aromatic heterocycles. The number of nitriles is 1. The van der Waals surface area contributed by atoms with E-state index in [1.165, 1.54) is 6.07 Å². The van der Waals surface area contributed by atoms with Crippen molar-refractivity contribution in [3.05, 3.63) is 32.3 Å². The smallest absolute Gasteiger partial charge is 0.272 e. The fourth-order valence-electron chi connectivity index (χ4n) is 1.04. The van der Waals surface area contributed by atoms with Crippen molar-refractivity contribution in [2.75, 3.05) is 5.32 Å². The van der Waals surface area contributed by atoms with E-state index in [0.29, 0.717) is 10.2 Å². The van der Waals surface area contributed by atoms with Gasteiger partial charge in [0, 0.05) is 16.6 Å². The van der Waals surface area contributed by atoms with Gasteiger partial charge in [0.25, 0.3) is 5.69 Å². The Hall–Kier alpha value is -1.72. The van der Waals surface area contributed by atoms with Gasteiger partial charge in [-0.05, 0) is 28.1 Å². The van der Waals surface area contributed by atoms with Crippen LogP contribution in [0.15, 0.2) is 16.6 Å². The summed E-state index contributed by atoms with van der Waals surface area (Å²) in [5, 5.41) is 22.0. The second-order valence-electron chi connectivity index (χ2n) is 2.71. The van der Waals surface area contributed by atoms with Crippen LogP contribution in [-0.2, 0) is 0 Å². The molecule has 0 radical (unpaired) electrons. The van der Waals surface area contributed by atoms with Gasteiger partial charge < -0.3 is 11.1 Å². The SMILES string of the molecule is N#Cc1cc([N+](=O)[O-])cc(Br)c1NC(N)=S. The zero-order chi connectivity index (χ0) is 12.3. The quantitative estimate of drug-likeness (QED) is 0.491. The molecule has 0 heterocycles. The largest absolute Gasteiger partial charge is 0.376 e. The molecule has 6 nitrogen and oxygen atoms in total. The summed E-state index contributed by atoms with van der Waals surface area (Å²) in [4.78, 5) is 9.97. The van der Waals surface area contributed by atoms with Crippen molar-refractivity contribution in [1.82, 2.24) is 0 Å². The lowest BCUT2D eigenvalue weighted by Gasteiger charge is -2.08. The Morgan fingerprint density at radius 1 is 1.69 bits per heavy atom. The fraction of sp³-hybridized carbons (Fsp3) is 0. The number of thiocarbonyl (C=S) groups is 1. The summed E-state index contributed by atoms with van der Waals surface area (Å²) < 4.78 is 0.353. The van der Waals surface area contributed by atoms with Crippen LogP contribution in [-0.4, -0.2) is 10.0 Å². The van der Waals surface area contributed by atoms with E-state index >= 15 is 0 Å². The van der Waals surface area contributed by atoms with Gasteiger partial charge in [0.15, 0.2) is 5.11 Å². The molecule has 0 aliphatic heterocycles. The number of nitrogens with two attached hydrogens (primary N) is 1. The number of halogens is 1. The maximum absolute atomic E-state index is 10.6. The Kier molecular flexibility index (Phi) is 3.76. The summed E-state index contributed by atoms with van der Waals surface area (Å²) in [6.45, 7) is 0. The number of hydrogen-bond acceptors (Lipinski definition) is 4. The van der Waals surface area contributed by atoms with Crippen LogP contribution in [0.2, 0.25) is 0 Å². The maximum Gasteiger partial charge on any atom is 0.272 e. The third-order valence-corrected chi connectivity index (χ3v) is 2.38. The van der Waals surface area contributed by atoms with Gasteiger partial charge in [0.05, 0.1) is 16.2 Å². The number of benzene rings is 1. The van der Waals surface area contributed by atoms with Crippen LogP contribution in [0.25, 0.3) is 0 Å². The first-order valence-corrected chi connectivity index (χ1v) is 5.10. The topological polar surface area (TPSA) is 105 Å². The third-order valence-electron chi connectivity index (χ3n) is 1.65. The minimum atomic E-state index is -0.587. The summed E-state index contributed by atoms with van der Waals surface area (Å²) in [6.07, 6.45) is 0. The van der Waals surface area contributed by atoms with Gasteiger partial charge in [-0.25, -0.2) is 0 Å². The van der Waals surface area contributed by atoms with Crippen LogP contribution in [0.5, 0.6) is 0 Å².